The highest BCUT2D eigenvalue weighted by atomic mass is 32.1. The second-order valence-electron chi connectivity index (χ2n) is 4.70. The number of nitro benzene ring substituents is 1. The van der Waals surface area contributed by atoms with Crippen molar-refractivity contribution in [3.8, 4) is 11.5 Å². The van der Waals surface area contributed by atoms with Crippen LogP contribution < -0.4 is 9.47 Å². The Morgan fingerprint density at radius 2 is 2.06 bits per heavy atom. The number of methoxy groups -OCH3 is 1. The second kappa shape index (κ2) is 5.95. The van der Waals surface area contributed by atoms with E-state index in [0.717, 1.165) is 0 Å². The van der Waals surface area contributed by atoms with Crippen LogP contribution in [0.15, 0.2) is 18.2 Å². The summed E-state index contributed by atoms with van der Waals surface area (Å²) in [6.07, 6.45) is 0. The molecule has 0 unspecified atom stereocenters. The minimum Gasteiger partial charge on any atom is -0.493 e. The Kier molecular flexibility index (Phi) is 4.84. The van der Waals surface area contributed by atoms with Gasteiger partial charge in [0, 0.05) is 11.5 Å². The number of thiol groups is 1. The van der Waals surface area contributed by atoms with Crippen LogP contribution in [-0.2, 0) is 0 Å². The fraction of sp³-hybridized carbons (Fsp3) is 0.500. The quantitative estimate of drug-likeness (QED) is 0.491. The number of non-ortho nitro benzene ring substituents is 1. The lowest BCUT2D eigenvalue weighted by Crippen LogP contribution is -2.23. The van der Waals surface area contributed by atoms with Gasteiger partial charge in [-0.25, -0.2) is 0 Å². The molecule has 0 N–H and O–H groups in total. The fourth-order valence-corrected chi connectivity index (χ4v) is 1.30. The van der Waals surface area contributed by atoms with Gasteiger partial charge >= 0.3 is 0 Å². The number of hydrogen-bond donors (Lipinski definition) is 1. The molecule has 0 aliphatic carbocycles. The summed E-state index contributed by atoms with van der Waals surface area (Å²) in [6, 6.07) is 4.29. The third kappa shape index (κ3) is 3.80. The van der Waals surface area contributed by atoms with E-state index in [1.165, 1.54) is 19.2 Å². The van der Waals surface area contributed by atoms with E-state index in [0.29, 0.717) is 23.9 Å². The van der Waals surface area contributed by atoms with Crippen LogP contribution in [0, 0.1) is 15.5 Å². The van der Waals surface area contributed by atoms with Crippen molar-refractivity contribution in [1.82, 2.24) is 0 Å². The highest BCUT2D eigenvalue weighted by Crippen LogP contribution is 2.32. The van der Waals surface area contributed by atoms with Crippen molar-refractivity contribution < 1.29 is 14.4 Å². The van der Waals surface area contributed by atoms with Gasteiger partial charge in [0.15, 0.2) is 11.5 Å². The third-order valence-electron chi connectivity index (χ3n) is 2.40. The molecule has 0 aliphatic rings. The zero-order chi connectivity index (χ0) is 13.8. The Morgan fingerprint density at radius 3 is 2.56 bits per heavy atom. The molecule has 0 saturated heterocycles. The predicted octanol–water partition coefficient (Wildman–Crippen LogP) is 2.94. The van der Waals surface area contributed by atoms with Crippen LogP contribution in [0.1, 0.15) is 13.8 Å². The molecule has 0 amide bonds. The van der Waals surface area contributed by atoms with Gasteiger partial charge in [-0.3, -0.25) is 10.1 Å². The molecule has 100 valence electrons. The summed E-state index contributed by atoms with van der Waals surface area (Å²) in [5, 5.41) is 10.6. The van der Waals surface area contributed by atoms with E-state index in [-0.39, 0.29) is 11.1 Å². The summed E-state index contributed by atoms with van der Waals surface area (Å²) < 4.78 is 10.7. The molecule has 1 aromatic rings. The van der Waals surface area contributed by atoms with Crippen molar-refractivity contribution in [1.29, 1.82) is 0 Å². The maximum absolute atomic E-state index is 10.6. The van der Waals surface area contributed by atoms with E-state index in [9.17, 15) is 10.1 Å². The summed E-state index contributed by atoms with van der Waals surface area (Å²) in [4.78, 5) is 10.2. The van der Waals surface area contributed by atoms with Crippen LogP contribution in [0.2, 0.25) is 0 Å². The molecular weight excluding hydrogens is 254 g/mol. The molecule has 0 aliphatic heterocycles. The van der Waals surface area contributed by atoms with Crippen molar-refractivity contribution in [2.45, 2.75) is 13.8 Å². The Hall–Kier alpha value is -1.43. The van der Waals surface area contributed by atoms with Crippen LogP contribution in [0.4, 0.5) is 5.69 Å². The van der Waals surface area contributed by atoms with Crippen molar-refractivity contribution >= 4 is 18.3 Å². The first-order valence-electron chi connectivity index (χ1n) is 5.46. The molecule has 18 heavy (non-hydrogen) atoms. The highest BCUT2D eigenvalue weighted by molar-refractivity contribution is 7.80. The summed E-state index contributed by atoms with van der Waals surface area (Å²) in [7, 11) is 1.45. The average molecular weight is 271 g/mol. The summed E-state index contributed by atoms with van der Waals surface area (Å²) in [6.45, 7) is 4.51. The van der Waals surface area contributed by atoms with Crippen LogP contribution in [0.25, 0.3) is 0 Å². The van der Waals surface area contributed by atoms with Crippen LogP contribution in [0.5, 0.6) is 11.5 Å². The minimum atomic E-state index is -0.468. The Bertz CT molecular complexity index is 434. The van der Waals surface area contributed by atoms with Gasteiger partial charge in [-0.2, -0.15) is 12.6 Å². The summed E-state index contributed by atoms with van der Waals surface area (Å²) in [5.41, 5.74) is -0.0942. The average Bonchev–Trinajstić information content (AvgIpc) is 2.36. The molecular formula is C12H17NO4S. The van der Waals surface area contributed by atoms with E-state index in [4.69, 9.17) is 9.47 Å². The number of rotatable bonds is 6. The fourth-order valence-electron chi connectivity index (χ4n) is 1.21. The number of nitro groups is 1. The zero-order valence-corrected chi connectivity index (χ0v) is 11.6. The van der Waals surface area contributed by atoms with Gasteiger partial charge in [-0.05, 0) is 11.8 Å². The Labute approximate surface area is 112 Å². The molecule has 5 nitrogen and oxygen atoms in total. The lowest BCUT2D eigenvalue weighted by molar-refractivity contribution is -0.384. The van der Waals surface area contributed by atoms with Crippen molar-refractivity contribution in [3.63, 3.8) is 0 Å². The first-order chi connectivity index (χ1) is 8.39. The maximum atomic E-state index is 10.6. The lowest BCUT2D eigenvalue weighted by atomic mass is 9.98. The number of hydrogen-bond acceptors (Lipinski definition) is 5. The third-order valence-corrected chi connectivity index (χ3v) is 3.26. The minimum absolute atomic E-state index is 0.0207. The predicted molar refractivity (Wildman–Crippen MR) is 72.8 cm³/mol. The van der Waals surface area contributed by atoms with E-state index < -0.39 is 4.92 Å². The van der Waals surface area contributed by atoms with Crippen LogP contribution >= 0.6 is 12.6 Å². The van der Waals surface area contributed by atoms with E-state index in [1.54, 1.807) is 6.07 Å². The topological polar surface area (TPSA) is 61.6 Å². The number of nitrogens with zero attached hydrogens (tertiary/aromatic N) is 1. The van der Waals surface area contributed by atoms with Crippen molar-refractivity contribution in [2.75, 3.05) is 19.5 Å². The zero-order valence-electron chi connectivity index (χ0n) is 10.7. The molecule has 6 heteroatoms. The monoisotopic (exact) mass is 271 g/mol. The largest absolute Gasteiger partial charge is 0.493 e. The van der Waals surface area contributed by atoms with Crippen molar-refractivity contribution in [2.24, 2.45) is 5.41 Å². The molecule has 0 heterocycles. The highest BCUT2D eigenvalue weighted by Gasteiger charge is 2.19. The Morgan fingerprint density at radius 1 is 1.39 bits per heavy atom. The van der Waals surface area contributed by atoms with Crippen LogP contribution in [0.3, 0.4) is 0 Å². The first-order valence-corrected chi connectivity index (χ1v) is 6.09. The number of benzene rings is 1. The molecule has 0 atom stereocenters. The smallest absolute Gasteiger partial charge is 0.273 e. The van der Waals surface area contributed by atoms with Gasteiger partial charge in [0.05, 0.1) is 24.7 Å². The molecule has 0 spiro atoms. The van der Waals surface area contributed by atoms with Gasteiger partial charge < -0.3 is 9.47 Å². The van der Waals surface area contributed by atoms with Gasteiger partial charge in [0.2, 0.25) is 0 Å². The second-order valence-corrected chi connectivity index (χ2v) is 5.02. The van der Waals surface area contributed by atoms with Gasteiger partial charge in [0.25, 0.3) is 5.69 Å². The molecule has 0 bridgehead atoms. The summed E-state index contributed by atoms with van der Waals surface area (Å²) >= 11 is 4.24. The standard InChI is InChI=1S/C12H17NO4S/c1-12(2,8-18)7-17-10-5-4-9(13(14)15)6-11(10)16-3/h4-6,18H,7-8H2,1-3H3. The van der Waals surface area contributed by atoms with E-state index in [2.05, 4.69) is 12.6 Å². The Balaban J connectivity index is 2.86. The molecule has 1 aromatic carbocycles. The molecule has 0 radical (unpaired) electrons. The molecule has 0 fully saturated rings. The molecule has 0 saturated carbocycles. The first kappa shape index (κ1) is 14.6. The summed E-state index contributed by atoms with van der Waals surface area (Å²) in [5.74, 6) is 1.54. The van der Waals surface area contributed by atoms with Crippen LogP contribution in [-0.4, -0.2) is 24.4 Å². The van der Waals surface area contributed by atoms with Gasteiger partial charge in [-0.15, -0.1) is 0 Å². The van der Waals surface area contributed by atoms with Crippen molar-refractivity contribution in [3.05, 3.63) is 28.3 Å². The van der Waals surface area contributed by atoms with E-state index >= 15 is 0 Å². The molecule has 1 rings (SSSR count). The number of ether oxygens (including phenoxy) is 2. The normalized spacial score (nSPS) is 11.1. The van der Waals surface area contributed by atoms with Gasteiger partial charge in [-0.1, -0.05) is 13.8 Å². The molecule has 0 aromatic heterocycles. The van der Waals surface area contributed by atoms with Gasteiger partial charge in [0.1, 0.15) is 0 Å². The van der Waals surface area contributed by atoms with E-state index in [1.807, 2.05) is 13.8 Å². The lowest BCUT2D eigenvalue weighted by Gasteiger charge is -2.22. The SMILES string of the molecule is COc1cc([N+](=O)[O-])ccc1OCC(C)(C)CS. The maximum Gasteiger partial charge on any atom is 0.273 e.